The lowest BCUT2D eigenvalue weighted by molar-refractivity contribution is 0.0949. The van der Waals surface area contributed by atoms with E-state index in [0.717, 1.165) is 22.6 Å². The molecule has 8 nitrogen and oxygen atoms in total. The molecule has 3 N–H and O–H groups in total. The third kappa shape index (κ3) is 3.70. The average molecular weight is 369 g/mol. The van der Waals surface area contributed by atoms with Gasteiger partial charge in [0.25, 0.3) is 5.91 Å². The highest BCUT2D eigenvalue weighted by molar-refractivity contribution is 6.04. The van der Waals surface area contributed by atoms with Crippen molar-refractivity contribution in [3.63, 3.8) is 0 Å². The Bertz CT molecular complexity index is 930. The molecule has 0 aliphatic heterocycles. The van der Waals surface area contributed by atoms with Gasteiger partial charge in [-0.1, -0.05) is 23.4 Å². The van der Waals surface area contributed by atoms with E-state index in [0.29, 0.717) is 25.3 Å². The molecule has 0 saturated heterocycles. The topological polar surface area (TPSA) is 108 Å². The summed E-state index contributed by atoms with van der Waals surface area (Å²) in [6.45, 7) is 4.83. The fourth-order valence-corrected chi connectivity index (χ4v) is 3.01. The zero-order chi connectivity index (χ0) is 19.4. The average Bonchev–Trinajstić information content (AvgIpc) is 3.18. The number of amides is 1. The summed E-state index contributed by atoms with van der Waals surface area (Å²) in [5.41, 5.74) is 9.75. The number of nitrogens with one attached hydrogen (secondary N) is 1. The van der Waals surface area contributed by atoms with Crippen LogP contribution in [0.1, 0.15) is 28.2 Å². The molecule has 1 amide bonds. The van der Waals surface area contributed by atoms with E-state index < -0.39 is 0 Å². The van der Waals surface area contributed by atoms with Gasteiger partial charge in [-0.2, -0.15) is 5.10 Å². The standard InChI is InChI=1S/C19H23N5O3/c1-12-15(13(2)24(22-12)14-8-5-4-6-9-14)17-16(18(20)27-23-17)19(25)21-10-7-11-26-3/h4-6,8-9H,7,10-11,20H2,1-3H3,(H,21,25). The molecule has 2 heterocycles. The normalized spacial score (nSPS) is 10.9. The highest BCUT2D eigenvalue weighted by atomic mass is 16.5. The number of hydrogen-bond acceptors (Lipinski definition) is 6. The third-order valence-corrected chi connectivity index (χ3v) is 4.29. The van der Waals surface area contributed by atoms with Gasteiger partial charge in [-0.25, -0.2) is 4.68 Å². The minimum absolute atomic E-state index is 0.0134. The SMILES string of the molecule is COCCCNC(=O)c1c(-c2c(C)nn(-c3ccccc3)c2C)noc1N. The summed E-state index contributed by atoms with van der Waals surface area (Å²) in [6.07, 6.45) is 0.701. The quantitative estimate of drug-likeness (QED) is 0.620. The minimum Gasteiger partial charge on any atom is -0.385 e. The van der Waals surface area contributed by atoms with Gasteiger partial charge in [-0.05, 0) is 32.4 Å². The van der Waals surface area contributed by atoms with Crippen molar-refractivity contribution < 1.29 is 14.1 Å². The number of ether oxygens (including phenoxy) is 1. The van der Waals surface area contributed by atoms with Crippen molar-refractivity contribution in [1.29, 1.82) is 0 Å². The van der Waals surface area contributed by atoms with E-state index in [1.807, 2.05) is 48.9 Å². The van der Waals surface area contributed by atoms with Crippen LogP contribution < -0.4 is 11.1 Å². The molecule has 0 bridgehead atoms. The van der Waals surface area contributed by atoms with Crippen LogP contribution >= 0.6 is 0 Å². The second-order valence-corrected chi connectivity index (χ2v) is 6.17. The fourth-order valence-electron chi connectivity index (χ4n) is 3.01. The summed E-state index contributed by atoms with van der Waals surface area (Å²) in [6, 6.07) is 9.75. The van der Waals surface area contributed by atoms with Gasteiger partial charge in [0.05, 0.1) is 17.1 Å². The van der Waals surface area contributed by atoms with Gasteiger partial charge >= 0.3 is 0 Å². The van der Waals surface area contributed by atoms with Crippen LogP contribution in [0.25, 0.3) is 16.9 Å². The van der Waals surface area contributed by atoms with Crippen LogP contribution in [0.4, 0.5) is 5.88 Å². The molecule has 0 radical (unpaired) electrons. The predicted molar refractivity (Wildman–Crippen MR) is 102 cm³/mol. The van der Waals surface area contributed by atoms with Gasteiger partial charge in [-0.15, -0.1) is 0 Å². The van der Waals surface area contributed by atoms with Gasteiger partial charge in [-0.3, -0.25) is 4.79 Å². The van der Waals surface area contributed by atoms with Crippen molar-refractivity contribution in [3.8, 4) is 16.9 Å². The fraction of sp³-hybridized carbons (Fsp3) is 0.316. The van der Waals surface area contributed by atoms with Crippen LogP contribution in [0, 0.1) is 13.8 Å². The maximum absolute atomic E-state index is 12.6. The molecule has 142 valence electrons. The molecule has 3 rings (SSSR count). The predicted octanol–water partition coefficient (Wildman–Crippen LogP) is 2.49. The van der Waals surface area contributed by atoms with E-state index in [9.17, 15) is 4.79 Å². The first-order valence-electron chi connectivity index (χ1n) is 8.69. The third-order valence-electron chi connectivity index (χ3n) is 4.29. The van der Waals surface area contributed by atoms with Crippen molar-refractivity contribution in [2.24, 2.45) is 0 Å². The number of rotatable bonds is 7. The Kier molecular flexibility index (Phi) is 5.56. The molecule has 0 saturated carbocycles. The molecular weight excluding hydrogens is 346 g/mol. The maximum Gasteiger partial charge on any atom is 0.259 e. The molecule has 27 heavy (non-hydrogen) atoms. The Morgan fingerprint density at radius 3 is 2.74 bits per heavy atom. The molecule has 0 aliphatic carbocycles. The second kappa shape index (κ2) is 8.05. The number of carbonyl (C=O) groups is 1. The number of hydrogen-bond donors (Lipinski definition) is 2. The molecule has 0 atom stereocenters. The molecule has 2 aromatic heterocycles. The Labute approximate surface area is 157 Å². The zero-order valence-electron chi connectivity index (χ0n) is 15.7. The van der Waals surface area contributed by atoms with Crippen molar-refractivity contribution in [2.45, 2.75) is 20.3 Å². The number of benzene rings is 1. The summed E-state index contributed by atoms with van der Waals surface area (Å²) in [4.78, 5) is 12.6. The Balaban J connectivity index is 1.96. The van der Waals surface area contributed by atoms with Crippen LogP contribution in [0.15, 0.2) is 34.9 Å². The lowest BCUT2D eigenvalue weighted by atomic mass is 10.0. The van der Waals surface area contributed by atoms with Gasteiger partial charge in [0.1, 0.15) is 11.3 Å². The summed E-state index contributed by atoms with van der Waals surface area (Å²) >= 11 is 0. The first kappa shape index (κ1) is 18.7. The van der Waals surface area contributed by atoms with Crippen LogP contribution in [0.3, 0.4) is 0 Å². The first-order valence-corrected chi connectivity index (χ1v) is 8.69. The molecule has 0 spiro atoms. The number of para-hydroxylation sites is 1. The molecule has 1 aromatic carbocycles. The van der Waals surface area contributed by atoms with Crippen molar-refractivity contribution in [3.05, 3.63) is 47.3 Å². The number of nitrogen functional groups attached to an aromatic ring is 1. The Morgan fingerprint density at radius 1 is 1.30 bits per heavy atom. The largest absolute Gasteiger partial charge is 0.385 e. The van der Waals surface area contributed by atoms with Gasteiger partial charge in [0.15, 0.2) is 0 Å². The summed E-state index contributed by atoms with van der Waals surface area (Å²) in [5.74, 6) is -0.341. The smallest absolute Gasteiger partial charge is 0.259 e. The van der Waals surface area contributed by atoms with E-state index in [2.05, 4.69) is 15.6 Å². The van der Waals surface area contributed by atoms with Crippen LogP contribution in [-0.4, -0.2) is 41.1 Å². The van der Waals surface area contributed by atoms with E-state index in [-0.39, 0.29) is 17.4 Å². The van der Waals surface area contributed by atoms with Crippen LogP contribution in [0.5, 0.6) is 0 Å². The number of aryl methyl sites for hydroxylation is 1. The van der Waals surface area contributed by atoms with Crippen LogP contribution in [0.2, 0.25) is 0 Å². The molecular formula is C19H23N5O3. The highest BCUT2D eigenvalue weighted by Crippen LogP contribution is 2.33. The summed E-state index contributed by atoms with van der Waals surface area (Å²) in [5, 5.41) is 11.5. The minimum atomic E-state index is -0.328. The molecule has 0 unspecified atom stereocenters. The second-order valence-electron chi connectivity index (χ2n) is 6.17. The van der Waals surface area contributed by atoms with Gasteiger partial charge < -0.3 is 20.3 Å². The lowest BCUT2D eigenvalue weighted by Gasteiger charge is -2.06. The van der Waals surface area contributed by atoms with Gasteiger partial charge in [0, 0.05) is 25.8 Å². The number of carbonyl (C=O) groups excluding carboxylic acids is 1. The number of methoxy groups -OCH3 is 1. The number of nitrogens with zero attached hydrogens (tertiary/aromatic N) is 3. The van der Waals surface area contributed by atoms with E-state index in [1.54, 1.807) is 7.11 Å². The first-order chi connectivity index (χ1) is 13.0. The summed E-state index contributed by atoms with van der Waals surface area (Å²) < 4.78 is 11.9. The number of anilines is 1. The van der Waals surface area contributed by atoms with Gasteiger partial charge in [0.2, 0.25) is 5.88 Å². The Morgan fingerprint density at radius 2 is 2.04 bits per heavy atom. The van der Waals surface area contributed by atoms with Crippen molar-refractivity contribution >= 4 is 11.8 Å². The monoisotopic (exact) mass is 369 g/mol. The molecule has 0 fully saturated rings. The van der Waals surface area contributed by atoms with Crippen molar-refractivity contribution in [2.75, 3.05) is 26.0 Å². The molecule has 0 aliphatic rings. The van der Waals surface area contributed by atoms with E-state index in [1.165, 1.54) is 0 Å². The number of aromatic nitrogens is 3. The van der Waals surface area contributed by atoms with Crippen molar-refractivity contribution in [1.82, 2.24) is 20.3 Å². The summed E-state index contributed by atoms with van der Waals surface area (Å²) in [7, 11) is 1.62. The molecule has 8 heteroatoms. The maximum atomic E-state index is 12.6. The highest BCUT2D eigenvalue weighted by Gasteiger charge is 2.27. The zero-order valence-corrected chi connectivity index (χ0v) is 15.7. The number of nitrogens with two attached hydrogens (primary N) is 1. The lowest BCUT2D eigenvalue weighted by Crippen LogP contribution is -2.26. The molecule has 3 aromatic rings. The van der Waals surface area contributed by atoms with E-state index >= 15 is 0 Å². The van der Waals surface area contributed by atoms with Crippen LogP contribution in [-0.2, 0) is 4.74 Å². The Hall–Kier alpha value is -3.13. The van der Waals surface area contributed by atoms with E-state index in [4.69, 9.17) is 15.0 Å².